The second kappa shape index (κ2) is 7.55. The molecule has 1 aromatic carbocycles. The molecule has 1 aromatic heterocycles. The highest BCUT2D eigenvalue weighted by atomic mass is 79.9. The number of amides is 1. The summed E-state index contributed by atoms with van der Waals surface area (Å²) in [5, 5.41) is 28.3. The van der Waals surface area contributed by atoms with Crippen LogP contribution in [0.15, 0.2) is 16.6 Å². The number of carbonyl (C=O) groups is 1. The molecule has 1 amide bonds. The van der Waals surface area contributed by atoms with Gasteiger partial charge in [0.05, 0.1) is 34.2 Å². The summed E-state index contributed by atoms with van der Waals surface area (Å²) in [7, 11) is 0. The Balaban J connectivity index is 2.16. The molecule has 1 unspecified atom stereocenters. The first-order valence-electron chi connectivity index (χ1n) is 7.87. The molecule has 0 bridgehead atoms. The molecule has 0 radical (unpaired) electrons. The van der Waals surface area contributed by atoms with Gasteiger partial charge in [-0.2, -0.15) is 10.5 Å². The maximum atomic E-state index is 14.2. The van der Waals surface area contributed by atoms with Crippen LogP contribution in [0.4, 0.5) is 14.9 Å². The zero-order valence-corrected chi connectivity index (χ0v) is 16.1. The summed E-state index contributed by atoms with van der Waals surface area (Å²) >= 11 is 9.28. The lowest BCUT2D eigenvalue weighted by Gasteiger charge is -2.40. The van der Waals surface area contributed by atoms with Gasteiger partial charge in [0.1, 0.15) is 22.6 Å². The molecule has 7 nitrogen and oxygen atoms in total. The normalized spacial score (nSPS) is 16.9. The molecular weight excluding hydrogens is 441 g/mol. The van der Waals surface area contributed by atoms with Crippen LogP contribution in [0.2, 0.25) is 5.15 Å². The number of carboxylic acid groups (broad SMARTS) is 1. The SMILES string of the molecule is N#CCC1CN(c2c(C#N)c(Cl)nc3cc(Br)c(F)cc23)CCN1C(=O)O. The van der Waals surface area contributed by atoms with Crippen molar-refractivity contribution in [2.24, 2.45) is 0 Å². The van der Waals surface area contributed by atoms with Gasteiger partial charge < -0.3 is 14.9 Å². The quantitative estimate of drug-likeness (QED) is 0.696. The van der Waals surface area contributed by atoms with E-state index < -0.39 is 18.0 Å². The minimum atomic E-state index is -1.11. The van der Waals surface area contributed by atoms with E-state index in [1.165, 1.54) is 17.0 Å². The third kappa shape index (κ3) is 3.48. The zero-order valence-electron chi connectivity index (χ0n) is 13.8. The largest absolute Gasteiger partial charge is 0.465 e. The number of benzene rings is 1. The molecule has 1 aliphatic rings. The van der Waals surface area contributed by atoms with Gasteiger partial charge >= 0.3 is 6.09 Å². The minimum Gasteiger partial charge on any atom is -0.465 e. The maximum Gasteiger partial charge on any atom is 0.407 e. The molecule has 1 N–H and O–H groups in total. The Morgan fingerprint density at radius 3 is 2.81 bits per heavy atom. The van der Waals surface area contributed by atoms with Gasteiger partial charge in [0.15, 0.2) is 0 Å². The summed E-state index contributed by atoms with van der Waals surface area (Å²) in [6, 6.07) is 6.16. The lowest BCUT2D eigenvalue weighted by atomic mass is 10.0. The number of rotatable bonds is 2. The van der Waals surface area contributed by atoms with Crippen LogP contribution in [0.3, 0.4) is 0 Å². The molecule has 0 saturated carbocycles. The molecule has 1 fully saturated rings. The van der Waals surface area contributed by atoms with Crippen molar-refractivity contribution in [1.29, 1.82) is 10.5 Å². The molecule has 1 aliphatic heterocycles. The van der Waals surface area contributed by atoms with Crippen molar-refractivity contribution in [3.8, 4) is 12.1 Å². The van der Waals surface area contributed by atoms with E-state index in [2.05, 4.69) is 20.9 Å². The third-order valence-electron chi connectivity index (χ3n) is 4.44. The third-order valence-corrected chi connectivity index (χ3v) is 5.32. The molecule has 0 spiro atoms. The monoisotopic (exact) mass is 451 g/mol. The van der Waals surface area contributed by atoms with E-state index in [0.29, 0.717) is 16.6 Å². The van der Waals surface area contributed by atoms with Crippen LogP contribution in [0.25, 0.3) is 10.9 Å². The highest BCUT2D eigenvalue weighted by molar-refractivity contribution is 9.10. The van der Waals surface area contributed by atoms with Gasteiger partial charge in [-0.25, -0.2) is 14.2 Å². The summed E-state index contributed by atoms with van der Waals surface area (Å²) < 4.78 is 14.4. The first kappa shape index (κ1) is 19.2. The van der Waals surface area contributed by atoms with E-state index in [4.69, 9.17) is 16.9 Å². The summed E-state index contributed by atoms with van der Waals surface area (Å²) in [5.41, 5.74) is 0.886. The molecule has 3 rings (SSSR count). The maximum absolute atomic E-state index is 14.2. The molecule has 1 saturated heterocycles. The zero-order chi connectivity index (χ0) is 19.7. The molecular formula is C17H12BrClFN5O2. The number of piperazine rings is 1. The van der Waals surface area contributed by atoms with Gasteiger partial charge in [-0.3, -0.25) is 0 Å². The summed E-state index contributed by atoms with van der Waals surface area (Å²) in [6.07, 6.45) is -1.11. The summed E-state index contributed by atoms with van der Waals surface area (Å²) in [5.74, 6) is -0.519. The first-order chi connectivity index (χ1) is 12.9. The Morgan fingerprint density at radius 2 is 2.19 bits per heavy atom. The smallest absolute Gasteiger partial charge is 0.407 e. The molecule has 1 atom stereocenters. The van der Waals surface area contributed by atoms with E-state index in [0.717, 1.165) is 0 Å². The van der Waals surface area contributed by atoms with Crippen molar-refractivity contribution in [2.75, 3.05) is 24.5 Å². The molecule has 27 heavy (non-hydrogen) atoms. The van der Waals surface area contributed by atoms with Crippen molar-refractivity contribution in [3.05, 3.63) is 33.1 Å². The van der Waals surface area contributed by atoms with Gasteiger partial charge in [-0.15, -0.1) is 0 Å². The van der Waals surface area contributed by atoms with Gasteiger partial charge in [0.2, 0.25) is 0 Å². The van der Waals surface area contributed by atoms with E-state index in [1.54, 1.807) is 4.90 Å². The van der Waals surface area contributed by atoms with Crippen LogP contribution >= 0.6 is 27.5 Å². The van der Waals surface area contributed by atoms with Crippen LogP contribution in [0.5, 0.6) is 0 Å². The lowest BCUT2D eigenvalue weighted by Crippen LogP contribution is -2.55. The van der Waals surface area contributed by atoms with E-state index >= 15 is 0 Å². The number of pyridine rings is 1. The minimum absolute atomic E-state index is 0.00133. The Bertz CT molecular complexity index is 1020. The topological polar surface area (TPSA) is 104 Å². The van der Waals surface area contributed by atoms with Gasteiger partial charge in [-0.1, -0.05) is 11.6 Å². The average Bonchev–Trinajstić information content (AvgIpc) is 2.62. The molecule has 138 valence electrons. The number of hydrogen-bond donors (Lipinski definition) is 1. The van der Waals surface area contributed by atoms with Crippen LogP contribution in [0, 0.1) is 28.5 Å². The Morgan fingerprint density at radius 1 is 1.44 bits per heavy atom. The first-order valence-corrected chi connectivity index (χ1v) is 9.04. The number of fused-ring (bicyclic) bond motifs is 1. The number of nitriles is 2. The van der Waals surface area contributed by atoms with Crippen LogP contribution in [-0.4, -0.2) is 46.8 Å². The lowest BCUT2D eigenvalue weighted by molar-refractivity contribution is 0.119. The predicted octanol–water partition coefficient (Wildman–Crippen LogP) is 3.74. The number of hydrogen-bond acceptors (Lipinski definition) is 5. The fourth-order valence-electron chi connectivity index (χ4n) is 3.23. The fraction of sp³-hybridized carbons (Fsp3) is 0.294. The van der Waals surface area contributed by atoms with Crippen molar-refractivity contribution >= 4 is 50.2 Å². The van der Waals surface area contributed by atoms with E-state index in [9.17, 15) is 19.6 Å². The number of halogens is 3. The second-order valence-electron chi connectivity index (χ2n) is 5.96. The fourth-order valence-corrected chi connectivity index (χ4v) is 3.78. The predicted molar refractivity (Wildman–Crippen MR) is 100 cm³/mol. The second-order valence-corrected chi connectivity index (χ2v) is 7.17. The molecule has 0 aliphatic carbocycles. The molecule has 10 heteroatoms. The van der Waals surface area contributed by atoms with Crippen LogP contribution in [0.1, 0.15) is 12.0 Å². The molecule has 2 aromatic rings. The number of anilines is 1. The number of nitrogens with zero attached hydrogens (tertiary/aromatic N) is 5. The van der Waals surface area contributed by atoms with Crippen molar-refractivity contribution in [3.63, 3.8) is 0 Å². The Hall–Kier alpha value is -2.62. The van der Waals surface area contributed by atoms with Gasteiger partial charge in [0.25, 0.3) is 0 Å². The standard InChI is InChI=1S/C17H12BrClFN5O2/c18-12-6-14-10(5-13(12)20)15(11(7-22)16(19)23-14)24-3-4-25(17(26)27)9(8-24)1-2-21/h5-6,9H,1,3-4,8H2,(H,26,27). The van der Waals surface area contributed by atoms with E-state index in [-0.39, 0.29) is 41.2 Å². The highest BCUT2D eigenvalue weighted by Gasteiger charge is 2.32. The van der Waals surface area contributed by atoms with Gasteiger partial charge in [-0.05, 0) is 28.1 Å². The van der Waals surface area contributed by atoms with Crippen molar-refractivity contribution in [1.82, 2.24) is 9.88 Å². The number of aromatic nitrogens is 1. The van der Waals surface area contributed by atoms with Crippen molar-refractivity contribution < 1.29 is 14.3 Å². The average molecular weight is 453 g/mol. The van der Waals surface area contributed by atoms with Crippen LogP contribution in [-0.2, 0) is 0 Å². The van der Waals surface area contributed by atoms with Gasteiger partial charge in [0, 0.05) is 25.0 Å². The summed E-state index contributed by atoms with van der Waals surface area (Å²) in [4.78, 5) is 18.5. The summed E-state index contributed by atoms with van der Waals surface area (Å²) in [6.45, 7) is 0.602. The highest BCUT2D eigenvalue weighted by Crippen LogP contribution is 2.37. The van der Waals surface area contributed by atoms with Crippen LogP contribution < -0.4 is 4.90 Å². The van der Waals surface area contributed by atoms with E-state index in [1.807, 2.05) is 12.1 Å². The Kier molecular flexibility index (Phi) is 5.36. The van der Waals surface area contributed by atoms with Crippen molar-refractivity contribution in [2.45, 2.75) is 12.5 Å². The Labute approximate surface area is 167 Å². The molecule has 2 heterocycles.